The van der Waals surface area contributed by atoms with Gasteiger partial charge in [-0.1, -0.05) is 48.0 Å². The number of nitrogens with zero attached hydrogens (tertiary/aromatic N) is 2. The van der Waals surface area contributed by atoms with Crippen molar-refractivity contribution in [1.82, 2.24) is 15.1 Å². The van der Waals surface area contributed by atoms with Crippen LogP contribution in [0.2, 0.25) is 0 Å². The summed E-state index contributed by atoms with van der Waals surface area (Å²) < 4.78 is 0. The highest BCUT2D eigenvalue weighted by Gasteiger charge is 2.39. The van der Waals surface area contributed by atoms with E-state index in [-0.39, 0.29) is 29.9 Å². The third-order valence-electron chi connectivity index (χ3n) is 8.76. The van der Waals surface area contributed by atoms with Crippen LogP contribution < -0.4 is 11.1 Å². The first kappa shape index (κ1) is 29.5. The van der Waals surface area contributed by atoms with Crippen LogP contribution in [0.4, 0.5) is 0 Å². The quantitative estimate of drug-likeness (QED) is 0.357. The molecule has 1 aliphatic heterocycles. The largest absolute Gasteiger partial charge is 0.352 e. The first-order valence-electron chi connectivity index (χ1n) is 15.1. The number of likely N-dealkylation sites (tertiary alicyclic amines) is 1. The van der Waals surface area contributed by atoms with Gasteiger partial charge in [0.2, 0.25) is 5.91 Å². The Hall–Kier alpha value is -3.00. The van der Waals surface area contributed by atoms with E-state index in [0.29, 0.717) is 18.5 Å². The van der Waals surface area contributed by atoms with Crippen molar-refractivity contribution >= 4 is 23.2 Å². The summed E-state index contributed by atoms with van der Waals surface area (Å²) >= 11 is 1.84. The van der Waals surface area contributed by atoms with Gasteiger partial charge in [0.05, 0.1) is 0 Å². The molecule has 2 fully saturated rings. The molecule has 1 unspecified atom stereocenters. The van der Waals surface area contributed by atoms with Crippen LogP contribution in [0, 0.1) is 13.8 Å². The van der Waals surface area contributed by atoms with E-state index in [4.69, 9.17) is 5.73 Å². The lowest BCUT2D eigenvalue weighted by molar-refractivity contribution is -0.128. The van der Waals surface area contributed by atoms with Gasteiger partial charge in [-0.25, -0.2) is 0 Å². The molecule has 2 heterocycles. The SMILES string of the molecule is Cc1ccc(C(=O)N2CCC(N(CCc3ccccc3)Cc3ccc(C)s3)C[C@@H]2C(=O)NC2CCC(N)CC2)cc1. The van der Waals surface area contributed by atoms with Gasteiger partial charge < -0.3 is 16.0 Å². The fourth-order valence-corrected chi connectivity index (χ4v) is 7.19. The summed E-state index contributed by atoms with van der Waals surface area (Å²) in [6.07, 6.45) is 6.09. The third-order valence-corrected chi connectivity index (χ3v) is 9.74. The Morgan fingerprint density at radius 3 is 2.37 bits per heavy atom. The molecule has 1 aliphatic carbocycles. The molecule has 7 heteroatoms. The Kier molecular flexibility index (Phi) is 9.91. The molecule has 2 atom stereocenters. The predicted molar refractivity (Wildman–Crippen MR) is 167 cm³/mol. The molecule has 1 saturated carbocycles. The minimum atomic E-state index is -0.498. The summed E-state index contributed by atoms with van der Waals surface area (Å²) in [5.74, 6) is -0.0791. The summed E-state index contributed by atoms with van der Waals surface area (Å²) in [7, 11) is 0. The van der Waals surface area contributed by atoms with Crippen LogP contribution in [0.15, 0.2) is 66.7 Å². The summed E-state index contributed by atoms with van der Waals surface area (Å²) in [4.78, 5) is 34.7. The smallest absolute Gasteiger partial charge is 0.254 e. The van der Waals surface area contributed by atoms with Crippen LogP contribution in [0.1, 0.15) is 69.8 Å². The van der Waals surface area contributed by atoms with Crippen molar-refractivity contribution in [2.45, 2.75) is 89.5 Å². The summed E-state index contributed by atoms with van der Waals surface area (Å²) in [5.41, 5.74) is 9.20. The van der Waals surface area contributed by atoms with Crippen LogP contribution >= 0.6 is 11.3 Å². The maximum atomic E-state index is 13.9. The van der Waals surface area contributed by atoms with Crippen LogP contribution in [-0.4, -0.2) is 58.9 Å². The van der Waals surface area contributed by atoms with Gasteiger partial charge in [-0.3, -0.25) is 14.5 Å². The topological polar surface area (TPSA) is 78.7 Å². The highest BCUT2D eigenvalue weighted by atomic mass is 32.1. The zero-order valence-electron chi connectivity index (χ0n) is 24.4. The number of benzene rings is 2. The number of nitrogens with two attached hydrogens (primary N) is 1. The van der Waals surface area contributed by atoms with Crippen LogP contribution in [0.3, 0.4) is 0 Å². The molecule has 5 rings (SSSR count). The van der Waals surface area contributed by atoms with Gasteiger partial charge in [0.1, 0.15) is 6.04 Å². The molecule has 41 heavy (non-hydrogen) atoms. The first-order chi connectivity index (χ1) is 19.9. The molecule has 3 N–H and O–H groups in total. The van der Waals surface area contributed by atoms with Gasteiger partial charge in [0.25, 0.3) is 5.91 Å². The van der Waals surface area contributed by atoms with Gasteiger partial charge in [-0.15, -0.1) is 11.3 Å². The lowest BCUT2D eigenvalue weighted by Gasteiger charge is -2.43. The second kappa shape index (κ2) is 13.8. The minimum absolute atomic E-state index is 0.0226. The van der Waals surface area contributed by atoms with Crippen molar-refractivity contribution in [3.8, 4) is 0 Å². The van der Waals surface area contributed by atoms with Crippen molar-refractivity contribution in [3.63, 3.8) is 0 Å². The average molecular weight is 573 g/mol. The number of nitrogens with one attached hydrogen (secondary N) is 1. The number of carbonyl (C=O) groups is 2. The van der Waals surface area contributed by atoms with Crippen molar-refractivity contribution < 1.29 is 9.59 Å². The molecule has 2 amide bonds. The van der Waals surface area contributed by atoms with Crippen LogP contribution in [0.5, 0.6) is 0 Å². The van der Waals surface area contributed by atoms with Crippen molar-refractivity contribution in [2.75, 3.05) is 13.1 Å². The number of rotatable bonds is 9. The zero-order valence-corrected chi connectivity index (χ0v) is 25.2. The maximum absolute atomic E-state index is 13.9. The fourth-order valence-electron chi connectivity index (χ4n) is 6.27. The summed E-state index contributed by atoms with van der Waals surface area (Å²) in [5, 5.41) is 3.32. The molecule has 2 aromatic carbocycles. The van der Waals surface area contributed by atoms with E-state index in [9.17, 15) is 9.59 Å². The number of hydrogen-bond donors (Lipinski definition) is 2. The van der Waals surface area contributed by atoms with Gasteiger partial charge in [0, 0.05) is 53.1 Å². The molecule has 0 bridgehead atoms. The van der Waals surface area contributed by atoms with Gasteiger partial charge >= 0.3 is 0 Å². The number of aryl methyl sites for hydroxylation is 2. The molecule has 1 aromatic heterocycles. The summed E-state index contributed by atoms with van der Waals surface area (Å²) in [6.45, 7) is 6.50. The molecular weight excluding hydrogens is 528 g/mol. The fraction of sp³-hybridized carbons (Fsp3) is 0.471. The second-order valence-corrected chi connectivity index (χ2v) is 13.3. The molecule has 0 spiro atoms. The van der Waals surface area contributed by atoms with E-state index < -0.39 is 6.04 Å². The van der Waals surface area contributed by atoms with Gasteiger partial charge in [-0.2, -0.15) is 0 Å². The van der Waals surface area contributed by atoms with E-state index in [1.807, 2.05) is 47.4 Å². The zero-order chi connectivity index (χ0) is 28.8. The van der Waals surface area contributed by atoms with Crippen LogP contribution in [-0.2, 0) is 17.8 Å². The molecule has 6 nitrogen and oxygen atoms in total. The number of piperidine rings is 1. The van der Waals surface area contributed by atoms with E-state index in [1.54, 1.807) is 0 Å². The Morgan fingerprint density at radius 2 is 1.68 bits per heavy atom. The average Bonchev–Trinajstić information content (AvgIpc) is 3.41. The molecule has 1 saturated heterocycles. The standard InChI is InChI=1S/C34H44N4O2S/c1-24-8-11-27(12-9-24)34(40)38-21-19-30(22-32(38)33(39)36-29-15-13-28(35)14-16-29)37(23-31-17-10-25(2)41-31)20-18-26-6-4-3-5-7-26/h3-12,17,28-30,32H,13-16,18-23,35H2,1-2H3,(H,36,39)/t28?,29?,30?,32-/m1/s1. The molecular formula is C34H44N4O2S. The number of amides is 2. The Balaban J connectivity index is 1.36. The minimum Gasteiger partial charge on any atom is -0.352 e. The molecule has 2 aliphatic rings. The highest BCUT2D eigenvalue weighted by Crippen LogP contribution is 2.28. The van der Waals surface area contributed by atoms with Crippen LogP contribution in [0.25, 0.3) is 0 Å². The van der Waals surface area contributed by atoms with Crippen molar-refractivity contribution in [2.24, 2.45) is 5.73 Å². The van der Waals surface area contributed by atoms with E-state index in [1.165, 1.54) is 15.3 Å². The first-order valence-corrected chi connectivity index (χ1v) is 15.9. The Labute approximate surface area is 248 Å². The Morgan fingerprint density at radius 1 is 0.951 bits per heavy atom. The maximum Gasteiger partial charge on any atom is 0.254 e. The van der Waals surface area contributed by atoms with Crippen molar-refractivity contribution in [1.29, 1.82) is 0 Å². The summed E-state index contributed by atoms with van der Waals surface area (Å²) in [6, 6.07) is 22.8. The number of hydrogen-bond acceptors (Lipinski definition) is 5. The van der Waals surface area contributed by atoms with Gasteiger partial charge in [-0.05, 0) is 88.6 Å². The number of carbonyl (C=O) groups excluding carboxylic acids is 2. The van der Waals surface area contributed by atoms with E-state index in [2.05, 4.69) is 59.6 Å². The number of thiophene rings is 1. The lowest BCUT2D eigenvalue weighted by atomic mass is 9.90. The Bertz CT molecular complexity index is 1280. The molecule has 3 aromatic rings. The molecule has 218 valence electrons. The lowest BCUT2D eigenvalue weighted by Crippen LogP contribution is -2.58. The third kappa shape index (κ3) is 7.85. The monoisotopic (exact) mass is 572 g/mol. The normalized spacial score (nSPS) is 23.0. The predicted octanol–water partition coefficient (Wildman–Crippen LogP) is 5.47. The highest BCUT2D eigenvalue weighted by molar-refractivity contribution is 7.11. The van der Waals surface area contributed by atoms with Crippen molar-refractivity contribution in [3.05, 3.63) is 93.2 Å². The van der Waals surface area contributed by atoms with Gasteiger partial charge in [0.15, 0.2) is 0 Å². The van der Waals surface area contributed by atoms with E-state index in [0.717, 1.165) is 57.2 Å². The molecule has 0 radical (unpaired) electrons. The van der Waals surface area contributed by atoms with E-state index >= 15 is 0 Å². The second-order valence-electron chi connectivity index (χ2n) is 11.9.